The van der Waals surface area contributed by atoms with Crippen LogP contribution in [0.2, 0.25) is 0 Å². The maximum atomic E-state index is 11.3. The van der Waals surface area contributed by atoms with E-state index in [0.29, 0.717) is 5.56 Å². The van der Waals surface area contributed by atoms with E-state index in [9.17, 15) is 9.90 Å². The third-order valence-corrected chi connectivity index (χ3v) is 5.43. The molecule has 2 N–H and O–H groups in total. The molecule has 2 heterocycles. The van der Waals surface area contributed by atoms with Crippen molar-refractivity contribution in [1.82, 2.24) is 9.97 Å². The number of hydrogen-bond acceptors (Lipinski definition) is 5. The van der Waals surface area contributed by atoms with E-state index in [0.717, 1.165) is 41.6 Å². The minimum Gasteiger partial charge on any atom is -0.478 e. The Morgan fingerprint density at radius 1 is 1.19 bits per heavy atom. The zero-order valence-corrected chi connectivity index (χ0v) is 14.8. The number of carbonyl (C=O) groups is 1. The molecule has 1 aliphatic rings. The number of fused-ring (bicyclic) bond motifs is 1. The van der Waals surface area contributed by atoms with Gasteiger partial charge in [0.1, 0.15) is 0 Å². The topological polar surface area (TPSA) is 72.5 Å². The van der Waals surface area contributed by atoms with E-state index in [1.54, 1.807) is 36.5 Å². The smallest absolute Gasteiger partial charge is 0.335 e. The monoisotopic (exact) mass is 366 g/mol. The highest BCUT2D eigenvalue weighted by atomic mass is 32.2. The van der Waals surface area contributed by atoms with Crippen molar-refractivity contribution in [2.45, 2.75) is 11.4 Å². The molecule has 6 nitrogen and oxygen atoms in total. The van der Waals surface area contributed by atoms with Crippen molar-refractivity contribution in [3.05, 3.63) is 72.3 Å². The molecule has 26 heavy (non-hydrogen) atoms. The minimum atomic E-state index is -0.910. The summed E-state index contributed by atoms with van der Waals surface area (Å²) < 4.78 is 2.15. The molecule has 0 bridgehead atoms. The van der Waals surface area contributed by atoms with Gasteiger partial charge in [-0.15, -0.1) is 0 Å². The van der Waals surface area contributed by atoms with Crippen LogP contribution < -0.4 is 9.21 Å². The molecule has 1 aromatic heterocycles. The second kappa shape index (κ2) is 7.13. The number of aromatic carboxylic acids is 1. The van der Waals surface area contributed by atoms with Gasteiger partial charge in [-0.1, -0.05) is 18.2 Å². The van der Waals surface area contributed by atoms with Crippen molar-refractivity contribution in [3.8, 4) is 0 Å². The summed E-state index contributed by atoms with van der Waals surface area (Å²) in [5, 5.41) is 9.26. The number of aromatic nitrogens is 2. The molecule has 0 aliphatic carbocycles. The van der Waals surface area contributed by atoms with Crippen LogP contribution in [0.25, 0.3) is 0 Å². The normalized spacial score (nSPS) is 14.0. The molecule has 132 valence electrons. The zero-order valence-electron chi connectivity index (χ0n) is 14.0. The number of anilines is 2. The Morgan fingerprint density at radius 3 is 2.88 bits per heavy atom. The summed E-state index contributed by atoms with van der Waals surface area (Å²) in [6.45, 7) is 2.31. The molecule has 0 fully saturated rings. The standard InChI is InChI=1S/C19H18N4O2S/c24-19(25)14-4-3-5-16(10-14)23-9-8-22(12-15-11-20-13-21-15)17-6-1-2-7-18(17)26-23/h1-7,10-11,13H,8-9,12H2,(H,20,21)(H,24,25). The number of H-pyrrole nitrogens is 1. The van der Waals surface area contributed by atoms with Crippen LogP contribution in [0.15, 0.2) is 66.0 Å². The number of carboxylic acid groups (broad SMARTS) is 1. The maximum absolute atomic E-state index is 11.3. The van der Waals surface area contributed by atoms with Crippen LogP contribution in [0, 0.1) is 0 Å². The average Bonchev–Trinajstić information content (AvgIpc) is 3.10. The lowest BCUT2D eigenvalue weighted by Crippen LogP contribution is -2.29. The molecule has 0 radical (unpaired) electrons. The van der Waals surface area contributed by atoms with E-state index in [1.165, 1.54) is 0 Å². The lowest BCUT2D eigenvalue weighted by Gasteiger charge is -2.24. The largest absolute Gasteiger partial charge is 0.478 e. The third kappa shape index (κ3) is 3.39. The van der Waals surface area contributed by atoms with Crippen LogP contribution in [0.3, 0.4) is 0 Å². The van der Waals surface area contributed by atoms with Gasteiger partial charge in [-0.05, 0) is 42.3 Å². The number of carboxylic acids is 1. The molecule has 0 amide bonds. The van der Waals surface area contributed by atoms with Gasteiger partial charge in [0.15, 0.2) is 0 Å². The van der Waals surface area contributed by atoms with E-state index in [2.05, 4.69) is 31.3 Å². The van der Waals surface area contributed by atoms with Gasteiger partial charge < -0.3 is 19.3 Å². The fourth-order valence-corrected chi connectivity index (χ4v) is 4.06. The number of benzene rings is 2. The van der Waals surface area contributed by atoms with Gasteiger partial charge in [-0.25, -0.2) is 9.78 Å². The number of hydrogen-bond donors (Lipinski definition) is 2. The maximum Gasteiger partial charge on any atom is 0.335 e. The van der Waals surface area contributed by atoms with Gasteiger partial charge in [-0.2, -0.15) is 0 Å². The molecule has 0 atom stereocenters. The summed E-state index contributed by atoms with van der Waals surface area (Å²) in [6.07, 6.45) is 3.60. The molecular formula is C19H18N4O2S. The molecule has 2 aromatic carbocycles. The number of nitrogens with one attached hydrogen (secondary N) is 1. The highest BCUT2D eigenvalue weighted by Crippen LogP contribution is 2.38. The molecule has 4 rings (SSSR count). The van der Waals surface area contributed by atoms with E-state index in [4.69, 9.17) is 0 Å². The molecule has 1 aliphatic heterocycles. The Hall–Kier alpha value is -2.93. The van der Waals surface area contributed by atoms with Gasteiger partial charge in [0.05, 0.1) is 34.7 Å². The van der Waals surface area contributed by atoms with E-state index < -0.39 is 5.97 Å². The number of para-hydroxylation sites is 1. The van der Waals surface area contributed by atoms with Gasteiger partial charge >= 0.3 is 5.97 Å². The zero-order chi connectivity index (χ0) is 17.9. The fourth-order valence-electron chi connectivity index (χ4n) is 3.00. The molecule has 3 aromatic rings. The first-order valence-electron chi connectivity index (χ1n) is 8.31. The van der Waals surface area contributed by atoms with Gasteiger partial charge in [0.25, 0.3) is 0 Å². The fraction of sp³-hybridized carbons (Fsp3) is 0.158. The Balaban J connectivity index is 1.64. The van der Waals surface area contributed by atoms with Crippen molar-refractivity contribution < 1.29 is 9.90 Å². The summed E-state index contributed by atoms with van der Waals surface area (Å²) in [7, 11) is 0. The summed E-state index contributed by atoms with van der Waals surface area (Å²) >= 11 is 1.64. The molecule has 0 saturated heterocycles. The summed E-state index contributed by atoms with van der Waals surface area (Å²) in [5.41, 5.74) is 3.35. The van der Waals surface area contributed by atoms with E-state index in [-0.39, 0.29) is 0 Å². The Labute approximate surface area is 155 Å². The summed E-state index contributed by atoms with van der Waals surface area (Å²) in [5.74, 6) is -0.910. The minimum absolute atomic E-state index is 0.300. The van der Waals surface area contributed by atoms with Gasteiger partial charge in [-0.3, -0.25) is 0 Å². The Morgan fingerprint density at radius 2 is 2.08 bits per heavy atom. The molecular weight excluding hydrogens is 348 g/mol. The van der Waals surface area contributed by atoms with Crippen LogP contribution >= 0.6 is 11.9 Å². The number of aromatic amines is 1. The van der Waals surface area contributed by atoms with Crippen molar-refractivity contribution in [3.63, 3.8) is 0 Å². The predicted molar refractivity (Wildman–Crippen MR) is 103 cm³/mol. The van der Waals surface area contributed by atoms with E-state index >= 15 is 0 Å². The van der Waals surface area contributed by atoms with Crippen molar-refractivity contribution in [2.24, 2.45) is 0 Å². The first-order chi connectivity index (χ1) is 12.7. The second-order valence-electron chi connectivity index (χ2n) is 6.00. The number of imidazole rings is 1. The molecule has 0 unspecified atom stereocenters. The summed E-state index contributed by atoms with van der Waals surface area (Å²) in [6, 6.07) is 15.4. The quantitative estimate of drug-likeness (QED) is 0.687. The first-order valence-corrected chi connectivity index (χ1v) is 9.08. The summed E-state index contributed by atoms with van der Waals surface area (Å²) in [4.78, 5) is 22.1. The highest BCUT2D eigenvalue weighted by molar-refractivity contribution is 8.00. The van der Waals surface area contributed by atoms with Crippen molar-refractivity contribution >= 4 is 29.3 Å². The lowest BCUT2D eigenvalue weighted by molar-refractivity contribution is 0.0697. The first kappa shape index (κ1) is 16.5. The predicted octanol–water partition coefficient (Wildman–Crippen LogP) is 3.64. The van der Waals surface area contributed by atoms with Gasteiger partial charge in [0.2, 0.25) is 0 Å². The highest BCUT2D eigenvalue weighted by Gasteiger charge is 2.22. The molecule has 0 spiro atoms. The second-order valence-corrected chi connectivity index (χ2v) is 7.06. The lowest BCUT2D eigenvalue weighted by atomic mass is 10.2. The van der Waals surface area contributed by atoms with Crippen LogP contribution in [0.5, 0.6) is 0 Å². The van der Waals surface area contributed by atoms with Crippen LogP contribution in [0.1, 0.15) is 16.1 Å². The van der Waals surface area contributed by atoms with Crippen molar-refractivity contribution in [2.75, 3.05) is 22.3 Å². The van der Waals surface area contributed by atoms with Gasteiger partial charge in [0, 0.05) is 25.0 Å². The SMILES string of the molecule is O=C(O)c1cccc(N2CCN(Cc3c[nH]cn3)c3ccccc3S2)c1. The van der Waals surface area contributed by atoms with Crippen molar-refractivity contribution in [1.29, 1.82) is 0 Å². The Kier molecular flexibility index (Phi) is 4.53. The third-order valence-electron chi connectivity index (χ3n) is 4.28. The average molecular weight is 366 g/mol. The van der Waals surface area contributed by atoms with Crippen LogP contribution in [-0.4, -0.2) is 34.1 Å². The number of rotatable bonds is 4. The number of nitrogens with zero attached hydrogens (tertiary/aromatic N) is 3. The van der Waals surface area contributed by atoms with Crippen LogP contribution in [-0.2, 0) is 6.54 Å². The molecule has 7 heteroatoms. The van der Waals surface area contributed by atoms with Crippen LogP contribution in [0.4, 0.5) is 11.4 Å². The molecule has 0 saturated carbocycles. The van der Waals surface area contributed by atoms with E-state index in [1.807, 2.05) is 24.4 Å². The Bertz CT molecular complexity index is 913.